The molecule has 0 spiro atoms. The Bertz CT molecular complexity index is 2200. The number of rotatable bonds is 12. The summed E-state index contributed by atoms with van der Waals surface area (Å²) in [5, 5.41) is 48.0. The number of nitriles is 1. The van der Waals surface area contributed by atoms with Gasteiger partial charge in [-0.05, 0) is 60.5 Å². The normalized spacial score (nSPS) is 11.3. The summed E-state index contributed by atoms with van der Waals surface area (Å²) in [5.74, 6) is 1.59. The maximum Gasteiger partial charge on any atom is 0.320 e. The summed E-state index contributed by atoms with van der Waals surface area (Å²) in [6.07, 6.45) is 2.80. The van der Waals surface area contributed by atoms with Gasteiger partial charge in [0.05, 0.1) is 23.6 Å². The van der Waals surface area contributed by atoms with E-state index < -0.39 is 6.03 Å². The molecule has 0 atom stereocenters. The standard InChI is InChI=1S/C37H36N8O4S/c1-4-37(2,3)32-20-34(45(43-32)27-12-14-30(47)26(18-27)21-38)40-36(48)39-22-25-8-5-6-11-31(25)50-29-13-15-33-41-42-35(44(33)23-29)24-9-7-10-28(19-24)49-17-16-46/h5-15,18-20,23,46-47H,4,16-17,22H2,1-3H3,(H2,39,40,48). The van der Waals surface area contributed by atoms with Gasteiger partial charge >= 0.3 is 6.03 Å². The summed E-state index contributed by atoms with van der Waals surface area (Å²) >= 11 is 1.56. The average molecular weight is 689 g/mol. The first kappa shape index (κ1) is 34.0. The van der Waals surface area contributed by atoms with Gasteiger partial charge in [0.25, 0.3) is 0 Å². The summed E-state index contributed by atoms with van der Waals surface area (Å²) in [6.45, 7) is 6.61. The van der Waals surface area contributed by atoms with Crippen molar-refractivity contribution in [1.29, 1.82) is 5.26 Å². The van der Waals surface area contributed by atoms with Crippen molar-refractivity contribution in [3.05, 3.63) is 108 Å². The zero-order valence-electron chi connectivity index (χ0n) is 27.8. The molecule has 4 N–H and O–H groups in total. The van der Waals surface area contributed by atoms with E-state index in [0.29, 0.717) is 28.7 Å². The molecule has 0 unspecified atom stereocenters. The molecule has 50 heavy (non-hydrogen) atoms. The molecule has 0 saturated heterocycles. The van der Waals surface area contributed by atoms with E-state index in [9.17, 15) is 15.2 Å². The van der Waals surface area contributed by atoms with Crippen molar-refractivity contribution in [1.82, 2.24) is 29.7 Å². The number of hydrogen-bond donors (Lipinski definition) is 4. The highest BCUT2D eigenvalue weighted by atomic mass is 32.2. The van der Waals surface area contributed by atoms with Gasteiger partial charge in [-0.25, -0.2) is 9.48 Å². The molecule has 0 saturated carbocycles. The molecule has 254 valence electrons. The molecule has 0 bridgehead atoms. The van der Waals surface area contributed by atoms with E-state index in [1.807, 2.05) is 83.4 Å². The molecule has 0 aliphatic heterocycles. The number of aliphatic hydroxyl groups excluding tert-OH is 1. The number of aliphatic hydroxyl groups is 1. The Kier molecular flexibility index (Phi) is 10.0. The van der Waals surface area contributed by atoms with Crippen molar-refractivity contribution in [2.75, 3.05) is 18.5 Å². The van der Waals surface area contributed by atoms with Gasteiger partial charge in [0.2, 0.25) is 0 Å². The number of phenolic OH excluding ortho intramolecular Hbond substituents is 1. The van der Waals surface area contributed by atoms with Gasteiger partial charge in [0.1, 0.15) is 30.0 Å². The lowest BCUT2D eigenvalue weighted by atomic mass is 9.87. The highest BCUT2D eigenvalue weighted by Crippen LogP contribution is 2.33. The molecule has 2 amide bonds. The van der Waals surface area contributed by atoms with Crippen LogP contribution in [0.4, 0.5) is 10.6 Å². The third-order valence-electron chi connectivity index (χ3n) is 8.34. The number of urea groups is 1. The van der Waals surface area contributed by atoms with Crippen LogP contribution in [-0.4, -0.2) is 53.8 Å². The van der Waals surface area contributed by atoms with Gasteiger partial charge in [0, 0.05) is 39.6 Å². The Balaban J connectivity index is 1.20. The van der Waals surface area contributed by atoms with Gasteiger partial charge in [-0.15, -0.1) is 10.2 Å². The Morgan fingerprint density at radius 1 is 1.04 bits per heavy atom. The molecule has 0 aliphatic carbocycles. The first-order valence-electron chi connectivity index (χ1n) is 16.0. The lowest BCUT2D eigenvalue weighted by molar-refractivity contribution is 0.201. The maximum absolute atomic E-state index is 13.3. The molecule has 3 aromatic carbocycles. The van der Waals surface area contributed by atoms with Crippen molar-refractivity contribution < 1.29 is 19.7 Å². The molecule has 3 heterocycles. The Labute approximate surface area is 293 Å². The van der Waals surface area contributed by atoms with Crippen molar-refractivity contribution in [3.63, 3.8) is 0 Å². The summed E-state index contributed by atoms with van der Waals surface area (Å²) in [6, 6.07) is 27.3. The zero-order chi connectivity index (χ0) is 35.3. The highest BCUT2D eigenvalue weighted by molar-refractivity contribution is 7.99. The van der Waals surface area contributed by atoms with Crippen LogP contribution in [0.15, 0.2) is 101 Å². The van der Waals surface area contributed by atoms with E-state index in [1.165, 1.54) is 12.1 Å². The van der Waals surface area contributed by atoms with Crippen LogP contribution < -0.4 is 15.4 Å². The van der Waals surface area contributed by atoms with E-state index in [0.717, 1.165) is 33.0 Å². The number of carbonyl (C=O) groups excluding carboxylic acids is 1. The fourth-order valence-corrected chi connectivity index (χ4v) is 6.12. The smallest absolute Gasteiger partial charge is 0.320 e. The minimum Gasteiger partial charge on any atom is -0.507 e. The number of aromatic nitrogens is 5. The molecule has 6 rings (SSSR count). The second-order valence-electron chi connectivity index (χ2n) is 12.1. The molecule has 13 heteroatoms. The third kappa shape index (κ3) is 7.41. The third-order valence-corrected chi connectivity index (χ3v) is 9.44. The lowest BCUT2D eigenvalue weighted by Gasteiger charge is -2.19. The van der Waals surface area contributed by atoms with Crippen molar-refractivity contribution in [3.8, 4) is 34.6 Å². The van der Waals surface area contributed by atoms with Crippen molar-refractivity contribution >= 4 is 29.3 Å². The van der Waals surface area contributed by atoms with Crippen molar-refractivity contribution in [2.24, 2.45) is 0 Å². The predicted molar refractivity (Wildman–Crippen MR) is 191 cm³/mol. The molecule has 12 nitrogen and oxygen atoms in total. The number of nitrogens with one attached hydrogen (secondary N) is 2. The molecular formula is C37H36N8O4S. The maximum atomic E-state index is 13.3. The number of nitrogens with zero attached hydrogens (tertiary/aromatic N) is 6. The number of hydrogen-bond acceptors (Lipinski definition) is 9. The molecular weight excluding hydrogens is 653 g/mol. The average Bonchev–Trinajstić information content (AvgIpc) is 3.75. The van der Waals surface area contributed by atoms with E-state index >= 15 is 0 Å². The van der Waals surface area contributed by atoms with Gasteiger partial charge < -0.3 is 20.3 Å². The first-order valence-corrected chi connectivity index (χ1v) is 16.8. The predicted octanol–water partition coefficient (Wildman–Crippen LogP) is 6.69. The monoisotopic (exact) mass is 688 g/mol. The first-order chi connectivity index (χ1) is 24.2. The van der Waals surface area contributed by atoms with Gasteiger partial charge in [0.15, 0.2) is 11.5 Å². The molecule has 6 aromatic rings. The number of carbonyl (C=O) groups is 1. The number of anilines is 1. The number of benzene rings is 3. The second-order valence-corrected chi connectivity index (χ2v) is 13.2. The number of fused-ring (bicyclic) bond motifs is 1. The van der Waals surface area contributed by atoms with Gasteiger partial charge in [-0.2, -0.15) is 10.4 Å². The molecule has 0 radical (unpaired) electrons. The van der Waals surface area contributed by atoms with Crippen molar-refractivity contribution in [2.45, 2.75) is 48.9 Å². The summed E-state index contributed by atoms with van der Waals surface area (Å²) in [7, 11) is 0. The molecule has 0 fully saturated rings. The summed E-state index contributed by atoms with van der Waals surface area (Å²) in [4.78, 5) is 15.2. The van der Waals surface area contributed by atoms with Crippen LogP contribution in [-0.2, 0) is 12.0 Å². The number of aromatic hydroxyl groups is 1. The van der Waals surface area contributed by atoms with Crippen LogP contribution in [0.5, 0.6) is 11.5 Å². The van der Waals surface area contributed by atoms with Crippen LogP contribution in [0.1, 0.15) is 44.0 Å². The van der Waals surface area contributed by atoms with E-state index in [2.05, 4.69) is 41.6 Å². The number of pyridine rings is 1. The summed E-state index contributed by atoms with van der Waals surface area (Å²) in [5.41, 5.74) is 3.59. The van der Waals surface area contributed by atoms with Crippen LogP contribution >= 0.6 is 11.8 Å². The number of phenols is 1. The number of ether oxygens (including phenoxy) is 1. The Hall–Kier alpha value is -5.84. The second kappa shape index (κ2) is 14.7. The SMILES string of the molecule is CCC(C)(C)c1cc(NC(=O)NCc2ccccc2Sc2ccc3nnc(-c4cccc(OCCO)c4)n3c2)n(-c2ccc(O)c(C#N)c2)n1. The number of amides is 2. The van der Waals surface area contributed by atoms with Gasteiger partial charge in [-0.1, -0.05) is 62.9 Å². The Morgan fingerprint density at radius 2 is 1.88 bits per heavy atom. The topological polar surface area (TPSA) is 163 Å². The Morgan fingerprint density at radius 3 is 2.68 bits per heavy atom. The van der Waals surface area contributed by atoms with Crippen LogP contribution in [0.25, 0.3) is 22.7 Å². The highest BCUT2D eigenvalue weighted by Gasteiger charge is 2.25. The van der Waals surface area contributed by atoms with Crippen LogP contribution in [0.2, 0.25) is 0 Å². The largest absolute Gasteiger partial charge is 0.507 e. The minimum atomic E-state index is -0.424. The minimum absolute atomic E-state index is 0.0731. The van der Waals surface area contributed by atoms with Crippen LogP contribution in [0, 0.1) is 11.3 Å². The summed E-state index contributed by atoms with van der Waals surface area (Å²) < 4.78 is 9.08. The fraction of sp³-hybridized carbons (Fsp3) is 0.216. The molecule has 3 aromatic heterocycles. The van der Waals surface area contributed by atoms with E-state index in [-0.39, 0.29) is 36.5 Å². The zero-order valence-corrected chi connectivity index (χ0v) is 28.6. The van der Waals surface area contributed by atoms with Gasteiger partial charge in [-0.3, -0.25) is 9.72 Å². The molecule has 0 aliphatic rings. The van der Waals surface area contributed by atoms with E-state index in [1.54, 1.807) is 22.5 Å². The quantitative estimate of drug-likeness (QED) is 0.110. The van der Waals surface area contributed by atoms with Crippen LogP contribution in [0.3, 0.4) is 0 Å². The van der Waals surface area contributed by atoms with E-state index in [4.69, 9.17) is 14.9 Å². The lowest BCUT2D eigenvalue weighted by Crippen LogP contribution is -2.29. The fourth-order valence-electron chi connectivity index (χ4n) is 5.15.